The number of carbonyl (C=O) groups is 2. The van der Waals surface area contributed by atoms with Crippen molar-refractivity contribution < 1.29 is 19.4 Å². The first kappa shape index (κ1) is 10.4. The fourth-order valence-electron chi connectivity index (χ4n) is 1.83. The SMILES string of the molecule is O=C(O)CC1CN(C(=O)C2CC2)CCO1. The van der Waals surface area contributed by atoms with Gasteiger partial charge in [0.2, 0.25) is 5.91 Å². The van der Waals surface area contributed by atoms with E-state index < -0.39 is 5.97 Å². The first-order valence-corrected chi connectivity index (χ1v) is 5.29. The van der Waals surface area contributed by atoms with Gasteiger partial charge in [-0.2, -0.15) is 0 Å². The maximum Gasteiger partial charge on any atom is 0.306 e. The number of nitrogens with zero attached hydrogens (tertiary/aromatic N) is 1. The number of carbonyl (C=O) groups excluding carboxylic acids is 1. The zero-order valence-electron chi connectivity index (χ0n) is 8.52. The third kappa shape index (κ3) is 2.68. The number of hydrogen-bond acceptors (Lipinski definition) is 3. The molecule has 15 heavy (non-hydrogen) atoms. The predicted molar refractivity (Wildman–Crippen MR) is 51.3 cm³/mol. The highest BCUT2D eigenvalue weighted by molar-refractivity contribution is 5.81. The molecule has 1 heterocycles. The van der Waals surface area contributed by atoms with Gasteiger partial charge in [-0.25, -0.2) is 0 Å². The highest BCUT2D eigenvalue weighted by atomic mass is 16.5. The van der Waals surface area contributed by atoms with E-state index in [9.17, 15) is 9.59 Å². The van der Waals surface area contributed by atoms with Gasteiger partial charge in [-0.1, -0.05) is 0 Å². The van der Waals surface area contributed by atoms with Crippen molar-refractivity contribution >= 4 is 11.9 Å². The Kier molecular flexibility index (Phi) is 2.90. The molecule has 1 unspecified atom stereocenters. The molecule has 2 aliphatic rings. The molecule has 0 bridgehead atoms. The second-order valence-electron chi connectivity index (χ2n) is 4.15. The first-order chi connectivity index (χ1) is 7.16. The average Bonchev–Trinajstić information content (AvgIpc) is 2.99. The molecule has 1 N–H and O–H groups in total. The van der Waals surface area contributed by atoms with Crippen LogP contribution < -0.4 is 0 Å². The Balaban J connectivity index is 1.85. The van der Waals surface area contributed by atoms with Gasteiger partial charge in [0.25, 0.3) is 0 Å². The minimum absolute atomic E-state index is 0.0194. The summed E-state index contributed by atoms with van der Waals surface area (Å²) in [6, 6.07) is 0. The molecule has 5 nitrogen and oxygen atoms in total. The lowest BCUT2D eigenvalue weighted by atomic mass is 10.2. The van der Waals surface area contributed by atoms with Crippen LogP contribution in [0.4, 0.5) is 0 Å². The maximum atomic E-state index is 11.7. The molecule has 1 aliphatic heterocycles. The summed E-state index contributed by atoms with van der Waals surface area (Å²) < 4.78 is 5.29. The second kappa shape index (κ2) is 4.18. The Morgan fingerprint density at radius 1 is 1.40 bits per heavy atom. The summed E-state index contributed by atoms with van der Waals surface area (Å²) in [6.45, 7) is 1.49. The van der Waals surface area contributed by atoms with Crippen molar-refractivity contribution in [1.82, 2.24) is 4.90 Å². The quantitative estimate of drug-likeness (QED) is 0.722. The number of morpholine rings is 1. The highest BCUT2D eigenvalue weighted by Gasteiger charge is 2.35. The number of amides is 1. The first-order valence-electron chi connectivity index (χ1n) is 5.29. The number of ether oxygens (including phenoxy) is 1. The third-order valence-corrected chi connectivity index (χ3v) is 2.78. The van der Waals surface area contributed by atoms with Crippen LogP contribution in [0.5, 0.6) is 0 Å². The van der Waals surface area contributed by atoms with Gasteiger partial charge >= 0.3 is 5.97 Å². The molecule has 1 amide bonds. The summed E-state index contributed by atoms with van der Waals surface area (Å²) in [5.74, 6) is -0.497. The van der Waals surface area contributed by atoms with E-state index in [4.69, 9.17) is 9.84 Å². The number of carboxylic acids is 1. The molecule has 0 aromatic heterocycles. The van der Waals surface area contributed by atoms with Gasteiger partial charge in [-0.15, -0.1) is 0 Å². The summed E-state index contributed by atoms with van der Waals surface area (Å²) in [6.07, 6.45) is 1.62. The number of carboxylic acid groups (broad SMARTS) is 1. The van der Waals surface area contributed by atoms with E-state index in [1.165, 1.54) is 0 Å². The Morgan fingerprint density at radius 2 is 2.13 bits per heavy atom. The second-order valence-corrected chi connectivity index (χ2v) is 4.15. The van der Waals surface area contributed by atoms with E-state index in [0.29, 0.717) is 19.7 Å². The molecule has 1 atom stereocenters. The van der Waals surface area contributed by atoms with E-state index in [1.807, 2.05) is 0 Å². The average molecular weight is 213 g/mol. The largest absolute Gasteiger partial charge is 0.481 e. The van der Waals surface area contributed by atoms with Crippen molar-refractivity contribution in [2.75, 3.05) is 19.7 Å². The molecule has 1 aliphatic carbocycles. The topological polar surface area (TPSA) is 66.8 Å². The molecule has 0 spiro atoms. The van der Waals surface area contributed by atoms with E-state index in [1.54, 1.807) is 4.90 Å². The predicted octanol–water partition coefficient (Wildman–Crippen LogP) is 0.0985. The van der Waals surface area contributed by atoms with Crippen molar-refractivity contribution in [2.45, 2.75) is 25.4 Å². The van der Waals surface area contributed by atoms with E-state index in [0.717, 1.165) is 12.8 Å². The van der Waals surface area contributed by atoms with Crippen LogP contribution in [0.2, 0.25) is 0 Å². The van der Waals surface area contributed by atoms with E-state index >= 15 is 0 Å². The van der Waals surface area contributed by atoms with Crippen LogP contribution in [0.15, 0.2) is 0 Å². The molecule has 1 saturated heterocycles. The smallest absolute Gasteiger partial charge is 0.306 e. The van der Waals surface area contributed by atoms with Gasteiger partial charge < -0.3 is 14.7 Å². The Morgan fingerprint density at radius 3 is 2.73 bits per heavy atom. The Hall–Kier alpha value is -1.10. The van der Waals surface area contributed by atoms with E-state index in [-0.39, 0.29) is 24.3 Å². The van der Waals surface area contributed by atoms with Gasteiger partial charge in [0.1, 0.15) is 0 Å². The molecular formula is C10H15NO4. The molecule has 0 aromatic carbocycles. The minimum atomic E-state index is -0.874. The minimum Gasteiger partial charge on any atom is -0.481 e. The zero-order valence-corrected chi connectivity index (χ0v) is 8.52. The van der Waals surface area contributed by atoms with Gasteiger partial charge in [0, 0.05) is 19.0 Å². The number of aliphatic carboxylic acids is 1. The van der Waals surface area contributed by atoms with Gasteiger partial charge in [0.15, 0.2) is 0 Å². The summed E-state index contributed by atoms with van der Waals surface area (Å²) in [4.78, 5) is 24.0. The van der Waals surface area contributed by atoms with Crippen LogP contribution in [0.25, 0.3) is 0 Å². The van der Waals surface area contributed by atoms with Crippen LogP contribution in [0, 0.1) is 5.92 Å². The fourth-order valence-corrected chi connectivity index (χ4v) is 1.83. The molecule has 0 aromatic rings. The Labute approximate surface area is 88.0 Å². The summed E-state index contributed by atoms with van der Waals surface area (Å²) in [7, 11) is 0. The van der Waals surface area contributed by atoms with Crippen LogP contribution in [-0.2, 0) is 14.3 Å². The monoisotopic (exact) mass is 213 g/mol. The molecule has 2 fully saturated rings. The van der Waals surface area contributed by atoms with Crippen molar-refractivity contribution in [1.29, 1.82) is 0 Å². The normalized spacial score (nSPS) is 26.4. The van der Waals surface area contributed by atoms with Crippen molar-refractivity contribution in [3.8, 4) is 0 Å². The lowest BCUT2D eigenvalue weighted by Gasteiger charge is -2.32. The van der Waals surface area contributed by atoms with Crippen molar-refractivity contribution in [2.24, 2.45) is 5.92 Å². The van der Waals surface area contributed by atoms with Crippen LogP contribution in [0.3, 0.4) is 0 Å². The Bertz CT molecular complexity index is 275. The number of rotatable bonds is 3. The molecule has 1 saturated carbocycles. The maximum absolute atomic E-state index is 11.7. The molecule has 2 rings (SSSR count). The standard InChI is InChI=1S/C10H15NO4/c12-9(13)5-8-6-11(3-4-15-8)10(14)7-1-2-7/h7-8H,1-6H2,(H,12,13). The highest BCUT2D eigenvalue weighted by Crippen LogP contribution is 2.31. The zero-order chi connectivity index (χ0) is 10.8. The van der Waals surface area contributed by atoms with E-state index in [2.05, 4.69) is 0 Å². The summed E-state index contributed by atoms with van der Waals surface area (Å²) in [5.41, 5.74) is 0. The lowest BCUT2D eigenvalue weighted by Crippen LogP contribution is -2.46. The molecule has 0 radical (unpaired) electrons. The van der Waals surface area contributed by atoms with Crippen LogP contribution >= 0.6 is 0 Å². The van der Waals surface area contributed by atoms with Crippen LogP contribution in [0.1, 0.15) is 19.3 Å². The van der Waals surface area contributed by atoms with Gasteiger partial charge in [0.05, 0.1) is 19.1 Å². The van der Waals surface area contributed by atoms with Gasteiger partial charge in [-0.05, 0) is 12.8 Å². The molecule has 5 heteroatoms. The van der Waals surface area contributed by atoms with Crippen molar-refractivity contribution in [3.05, 3.63) is 0 Å². The van der Waals surface area contributed by atoms with Crippen molar-refractivity contribution in [3.63, 3.8) is 0 Å². The molecule has 84 valence electrons. The third-order valence-electron chi connectivity index (χ3n) is 2.78. The van der Waals surface area contributed by atoms with Gasteiger partial charge in [-0.3, -0.25) is 9.59 Å². The fraction of sp³-hybridized carbons (Fsp3) is 0.800. The summed E-state index contributed by atoms with van der Waals surface area (Å²) >= 11 is 0. The number of hydrogen-bond donors (Lipinski definition) is 1. The summed E-state index contributed by atoms with van der Waals surface area (Å²) in [5, 5.41) is 8.63. The van der Waals surface area contributed by atoms with Crippen LogP contribution in [-0.4, -0.2) is 47.7 Å². The molecular weight excluding hydrogens is 198 g/mol. The lowest BCUT2D eigenvalue weighted by molar-refractivity contribution is -0.148.